The summed E-state index contributed by atoms with van der Waals surface area (Å²) >= 11 is 0. The minimum absolute atomic E-state index is 0. The molecule has 0 unspecified atom stereocenters. The first-order valence-corrected chi connectivity index (χ1v) is 16.3. The van der Waals surface area contributed by atoms with Crippen molar-refractivity contribution < 1.29 is 61.1 Å². The fourth-order valence-electron chi connectivity index (χ4n) is 3.45. The van der Waals surface area contributed by atoms with Crippen LogP contribution < -0.4 is 15.9 Å². The van der Waals surface area contributed by atoms with E-state index in [9.17, 15) is 0 Å². The SMILES string of the molecule is CO[P+](OC)(OC)c1ccccc1.CO[P+](OC)(OC)c1ccccc1.CO[P+](OC)(OC)c1ccccc1.[Pd]. The molecule has 0 bridgehead atoms. The summed E-state index contributed by atoms with van der Waals surface area (Å²) in [7, 11) is 7.45. The molecule has 0 spiro atoms. The van der Waals surface area contributed by atoms with Crippen molar-refractivity contribution in [1.82, 2.24) is 0 Å². The van der Waals surface area contributed by atoms with E-state index in [1.165, 1.54) is 0 Å². The molecule has 0 atom stereocenters. The zero-order valence-electron chi connectivity index (χ0n) is 24.5. The average molecular weight is 710 g/mol. The van der Waals surface area contributed by atoms with Gasteiger partial charge in [0.15, 0.2) is 15.9 Å². The maximum Gasteiger partial charge on any atom is 0.447 e. The van der Waals surface area contributed by atoms with Crippen molar-refractivity contribution in [3.8, 4) is 0 Å². The van der Waals surface area contributed by atoms with Gasteiger partial charge >= 0.3 is 23.8 Å². The van der Waals surface area contributed by atoms with Crippen LogP contribution in [0.1, 0.15) is 0 Å². The van der Waals surface area contributed by atoms with Gasteiger partial charge in [0.25, 0.3) is 0 Å². The van der Waals surface area contributed by atoms with E-state index in [1.54, 1.807) is 64.0 Å². The van der Waals surface area contributed by atoms with Crippen molar-refractivity contribution in [3.05, 3.63) is 91.0 Å². The second-order valence-electron chi connectivity index (χ2n) is 7.14. The van der Waals surface area contributed by atoms with Crippen LogP contribution in [0.15, 0.2) is 91.0 Å². The van der Waals surface area contributed by atoms with Crippen LogP contribution in [0.3, 0.4) is 0 Å². The molecule has 0 amide bonds. The molecule has 0 aliphatic heterocycles. The molecule has 0 N–H and O–H groups in total. The Labute approximate surface area is 255 Å². The summed E-state index contributed by atoms with van der Waals surface area (Å²) in [5.74, 6) is 0. The summed E-state index contributed by atoms with van der Waals surface area (Å²) in [6.45, 7) is 0. The van der Waals surface area contributed by atoms with Gasteiger partial charge in [0.2, 0.25) is 0 Å². The number of hydrogen-bond acceptors (Lipinski definition) is 9. The maximum absolute atomic E-state index is 5.29. The van der Waals surface area contributed by atoms with E-state index in [0.29, 0.717) is 0 Å². The monoisotopic (exact) mass is 709 g/mol. The largest absolute Gasteiger partial charge is 0.447 e. The Morgan fingerprint density at radius 1 is 0.300 bits per heavy atom. The minimum Gasteiger partial charge on any atom is -0.177 e. The Morgan fingerprint density at radius 3 is 0.575 bits per heavy atom. The van der Waals surface area contributed by atoms with Crippen molar-refractivity contribution in [2.45, 2.75) is 0 Å². The molecule has 0 saturated heterocycles. The minimum atomic E-state index is -2.29. The molecule has 0 saturated carbocycles. The summed E-state index contributed by atoms with van der Waals surface area (Å²) in [6, 6.07) is 29.0. The van der Waals surface area contributed by atoms with Crippen LogP contribution in [0.5, 0.6) is 0 Å². The molecule has 13 heteroatoms. The first-order valence-electron chi connectivity index (χ1n) is 11.7. The van der Waals surface area contributed by atoms with E-state index in [-0.39, 0.29) is 20.4 Å². The van der Waals surface area contributed by atoms with Crippen molar-refractivity contribution in [3.63, 3.8) is 0 Å². The van der Waals surface area contributed by atoms with Gasteiger partial charge in [0.05, 0.1) is 64.0 Å². The number of benzene rings is 3. The van der Waals surface area contributed by atoms with Gasteiger partial charge in [-0.25, -0.2) is 0 Å². The van der Waals surface area contributed by atoms with Crippen molar-refractivity contribution in [2.24, 2.45) is 0 Å². The van der Waals surface area contributed by atoms with Gasteiger partial charge in [-0.1, -0.05) is 54.6 Å². The zero-order chi connectivity index (χ0) is 29.2. The van der Waals surface area contributed by atoms with Crippen LogP contribution in [0.2, 0.25) is 0 Å². The molecule has 0 fully saturated rings. The van der Waals surface area contributed by atoms with Gasteiger partial charge in [-0.2, -0.15) is 40.7 Å². The fourth-order valence-corrected chi connectivity index (χ4v) is 8.30. The third-order valence-electron chi connectivity index (χ3n) is 5.38. The van der Waals surface area contributed by atoms with Gasteiger partial charge in [-0.15, -0.1) is 0 Å². The quantitative estimate of drug-likeness (QED) is 0.165. The van der Waals surface area contributed by atoms with Crippen LogP contribution in [-0.4, -0.2) is 64.0 Å². The third kappa shape index (κ3) is 10.5. The smallest absolute Gasteiger partial charge is 0.177 e. The molecule has 40 heavy (non-hydrogen) atoms. The van der Waals surface area contributed by atoms with E-state index in [1.807, 2.05) is 91.0 Å². The van der Waals surface area contributed by atoms with Gasteiger partial charge < -0.3 is 0 Å². The predicted molar refractivity (Wildman–Crippen MR) is 162 cm³/mol. The van der Waals surface area contributed by atoms with E-state index in [0.717, 1.165) is 15.9 Å². The summed E-state index contributed by atoms with van der Waals surface area (Å²) in [4.78, 5) is 0. The van der Waals surface area contributed by atoms with Crippen LogP contribution in [0.25, 0.3) is 0 Å². The first-order chi connectivity index (χ1) is 18.9. The van der Waals surface area contributed by atoms with E-state index >= 15 is 0 Å². The second-order valence-corrected chi connectivity index (χ2v) is 15.0. The molecule has 3 aromatic rings. The first kappa shape index (κ1) is 39.3. The topological polar surface area (TPSA) is 83.1 Å². The van der Waals surface area contributed by atoms with Crippen LogP contribution in [0, 0.1) is 0 Å². The Balaban J connectivity index is 0.000000563. The average Bonchev–Trinajstić information content (AvgIpc) is 3.03. The normalized spacial score (nSPS) is 11.3. The van der Waals surface area contributed by atoms with E-state index in [2.05, 4.69) is 0 Å². The fraction of sp³-hybridized carbons (Fsp3) is 0.333. The van der Waals surface area contributed by atoms with Crippen molar-refractivity contribution in [1.29, 1.82) is 0 Å². The molecule has 3 rings (SSSR count). The molecule has 9 nitrogen and oxygen atoms in total. The molecule has 3 aromatic carbocycles. The molecular weight excluding hydrogens is 668 g/mol. The Bertz CT molecular complexity index is 853. The molecule has 0 heterocycles. The predicted octanol–water partition coefficient (Wildman–Crippen LogP) is 6.04. The Morgan fingerprint density at radius 2 is 0.450 bits per heavy atom. The zero-order valence-corrected chi connectivity index (χ0v) is 28.7. The summed E-state index contributed by atoms with van der Waals surface area (Å²) in [6.07, 6.45) is 0. The number of rotatable bonds is 12. The standard InChI is InChI=1S/3C9H14O3P.Pd/c3*1-10-13(11-2,12-3)9-7-5-4-6-8-9;/h3*4-8H,1-3H3;/q3*+1;. The summed E-state index contributed by atoms with van der Waals surface area (Å²) < 4.78 is 47.6. The molecule has 0 aliphatic rings. The summed E-state index contributed by atoms with van der Waals surface area (Å²) in [5.41, 5.74) is 0. The van der Waals surface area contributed by atoms with Gasteiger partial charge in [0, 0.05) is 20.4 Å². The van der Waals surface area contributed by atoms with Crippen LogP contribution in [-0.2, 0) is 61.1 Å². The molecule has 0 radical (unpaired) electrons. The van der Waals surface area contributed by atoms with Crippen LogP contribution >= 0.6 is 23.8 Å². The maximum atomic E-state index is 5.29. The molecule has 0 aliphatic carbocycles. The molecular formula is C27H42O9P3Pd+3. The van der Waals surface area contributed by atoms with Crippen molar-refractivity contribution in [2.75, 3.05) is 64.0 Å². The molecule has 0 aromatic heterocycles. The van der Waals surface area contributed by atoms with Crippen LogP contribution in [0.4, 0.5) is 0 Å². The van der Waals surface area contributed by atoms with Gasteiger partial charge in [-0.3, -0.25) is 0 Å². The Hall–Kier alpha value is -0.748. The van der Waals surface area contributed by atoms with Gasteiger partial charge in [-0.05, 0) is 36.4 Å². The van der Waals surface area contributed by atoms with E-state index < -0.39 is 23.8 Å². The van der Waals surface area contributed by atoms with E-state index in [4.69, 9.17) is 40.7 Å². The van der Waals surface area contributed by atoms with Crippen molar-refractivity contribution >= 4 is 39.7 Å². The molecule has 226 valence electrons. The Kier molecular flexibility index (Phi) is 20.6. The number of hydrogen-bond donors (Lipinski definition) is 0. The van der Waals surface area contributed by atoms with Gasteiger partial charge in [0.1, 0.15) is 0 Å². The third-order valence-corrected chi connectivity index (χ3v) is 12.5. The second kappa shape index (κ2) is 21.0. The summed E-state index contributed by atoms with van der Waals surface area (Å²) in [5, 5.41) is 2.84.